The summed E-state index contributed by atoms with van der Waals surface area (Å²) in [7, 11) is 3.17. The van der Waals surface area contributed by atoms with Crippen LogP contribution < -0.4 is 20.2 Å². The van der Waals surface area contributed by atoms with Crippen molar-refractivity contribution in [3.63, 3.8) is 0 Å². The minimum Gasteiger partial charge on any atom is -0.493 e. The number of methoxy groups -OCH3 is 2. The van der Waals surface area contributed by atoms with Gasteiger partial charge >= 0.3 is 0 Å². The average Bonchev–Trinajstić information content (AvgIpc) is 2.73. The van der Waals surface area contributed by atoms with E-state index in [1.165, 1.54) is 0 Å². The first-order valence-corrected chi connectivity index (χ1v) is 9.83. The van der Waals surface area contributed by atoms with Gasteiger partial charge in [0.05, 0.1) is 27.1 Å². The van der Waals surface area contributed by atoms with Crippen LogP contribution in [0.5, 0.6) is 11.5 Å². The van der Waals surface area contributed by atoms with Crippen LogP contribution in [0.1, 0.15) is 24.5 Å². The topological polar surface area (TPSA) is 89.0 Å². The van der Waals surface area contributed by atoms with Gasteiger partial charge in [-0.25, -0.2) is 5.43 Å². The predicted octanol–water partition coefficient (Wildman–Crippen LogP) is 3.14. The summed E-state index contributed by atoms with van der Waals surface area (Å²) in [5.41, 5.74) is 4.84. The number of nitrogens with zero attached hydrogens (tertiary/aromatic N) is 1. The van der Waals surface area contributed by atoms with Crippen LogP contribution in [-0.2, 0) is 22.4 Å². The molecule has 0 aromatic heterocycles. The zero-order valence-corrected chi connectivity index (χ0v) is 18.1. The van der Waals surface area contributed by atoms with E-state index in [0.29, 0.717) is 35.2 Å². The van der Waals surface area contributed by atoms with Crippen molar-refractivity contribution in [3.05, 3.63) is 58.6 Å². The van der Waals surface area contributed by atoms with Crippen LogP contribution in [0.3, 0.4) is 0 Å². The Bertz CT molecular complexity index is 898. The van der Waals surface area contributed by atoms with Gasteiger partial charge in [0.2, 0.25) is 11.8 Å². The van der Waals surface area contributed by atoms with E-state index in [0.717, 1.165) is 11.1 Å². The van der Waals surface area contributed by atoms with Crippen molar-refractivity contribution < 1.29 is 19.1 Å². The number of amides is 2. The number of carbonyl (C=O) groups excluding carboxylic acids is 2. The van der Waals surface area contributed by atoms with E-state index in [2.05, 4.69) is 15.8 Å². The predicted molar refractivity (Wildman–Crippen MR) is 117 cm³/mol. The summed E-state index contributed by atoms with van der Waals surface area (Å²) in [5, 5.41) is 7.45. The van der Waals surface area contributed by atoms with Gasteiger partial charge < -0.3 is 14.8 Å². The molecule has 0 radical (unpaired) electrons. The van der Waals surface area contributed by atoms with Crippen molar-refractivity contribution in [3.8, 4) is 11.5 Å². The number of hydrazone groups is 1. The molecule has 0 saturated heterocycles. The van der Waals surface area contributed by atoms with Crippen LogP contribution in [0.15, 0.2) is 47.6 Å². The van der Waals surface area contributed by atoms with Crippen LogP contribution in [0.25, 0.3) is 0 Å². The molecule has 2 rings (SSSR count). The number of hydrogen-bond donors (Lipinski definition) is 2. The Morgan fingerprint density at radius 1 is 0.967 bits per heavy atom. The fraction of sp³-hybridized carbons (Fsp3) is 0.318. The summed E-state index contributed by atoms with van der Waals surface area (Å²) in [4.78, 5) is 24.0. The molecule has 0 aliphatic carbocycles. The second-order valence-electron chi connectivity index (χ2n) is 6.65. The minimum absolute atomic E-state index is 0.104. The molecule has 0 fully saturated rings. The maximum Gasteiger partial charge on any atom is 0.244 e. The zero-order valence-electron chi connectivity index (χ0n) is 17.3. The summed E-state index contributed by atoms with van der Waals surface area (Å²) in [6.07, 6.45) is 0.943. The second-order valence-corrected chi connectivity index (χ2v) is 7.09. The molecule has 2 amide bonds. The molecule has 0 atom stereocenters. The van der Waals surface area contributed by atoms with Crippen LogP contribution >= 0.6 is 11.6 Å². The van der Waals surface area contributed by atoms with Gasteiger partial charge in [0, 0.05) is 17.3 Å². The number of carbonyl (C=O) groups is 2. The Morgan fingerprint density at radius 2 is 1.63 bits per heavy atom. The van der Waals surface area contributed by atoms with Crippen molar-refractivity contribution in [2.45, 2.75) is 26.2 Å². The molecule has 160 valence electrons. The van der Waals surface area contributed by atoms with Gasteiger partial charge in [0.1, 0.15) is 0 Å². The van der Waals surface area contributed by atoms with E-state index >= 15 is 0 Å². The third kappa shape index (κ3) is 7.75. The highest BCUT2D eigenvalue weighted by molar-refractivity contribution is 6.30. The molecule has 2 N–H and O–H groups in total. The Balaban J connectivity index is 1.73. The van der Waals surface area contributed by atoms with Crippen molar-refractivity contribution in [1.29, 1.82) is 0 Å². The highest BCUT2D eigenvalue weighted by atomic mass is 35.5. The standard InChI is InChI=1S/C22H26ClN3O4/c1-15(25-26-22(28)14-16-4-7-18(23)8-5-16)12-21(27)24-11-10-17-6-9-19(29-2)20(13-17)30-3/h4-9,13H,10-12,14H2,1-3H3,(H,24,27)(H,26,28)/b25-15+. The molecule has 8 heteroatoms. The molecule has 0 bridgehead atoms. The van der Waals surface area contributed by atoms with Gasteiger partial charge in [-0.1, -0.05) is 29.8 Å². The first kappa shape index (κ1) is 23.2. The molecular weight excluding hydrogens is 406 g/mol. The van der Waals surface area contributed by atoms with Gasteiger partial charge in [0.25, 0.3) is 0 Å². The van der Waals surface area contributed by atoms with E-state index in [4.69, 9.17) is 21.1 Å². The molecule has 0 heterocycles. The largest absolute Gasteiger partial charge is 0.493 e. The number of ether oxygens (including phenoxy) is 2. The molecule has 0 aliphatic heterocycles. The van der Waals surface area contributed by atoms with Gasteiger partial charge in [-0.3, -0.25) is 9.59 Å². The number of benzene rings is 2. The Labute approximate surface area is 181 Å². The lowest BCUT2D eigenvalue weighted by molar-refractivity contribution is -0.121. The summed E-state index contributed by atoms with van der Waals surface area (Å²) in [6.45, 7) is 2.17. The van der Waals surface area contributed by atoms with Gasteiger partial charge in [0.15, 0.2) is 11.5 Å². The summed E-state index contributed by atoms with van der Waals surface area (Å²) >= 11 is 5.83. The maximum absolute atomic E-state index is 12.1. The fourth-order valence-corrected chi connectivity index (χ4v) is 2.83. The molecule has 0 saturated carbocycles. The molecule has 0 aliphatic rings. The van der Waals surface area contributed by atoms with Crippen molar-refractivity contribution >= 4 is 29.1 Å². The van der Waals surface area contributed by atoms with Crippen LogP contribution in [-0.4, -0.2) is 38.3 Å². The van der Waals surface area contributed by atoms with Crippen LogP contribution in [0.2, 0.25) is 5.02 Å². The fourth-order valence-electron chi connectivity index (χ4n) is 2.70. The maximum atomic E-state index is 12.1. The SMILES string of the molecule is COc1ccc(CCNC(=O)C/C(C)=N/NC(=O)Cc2ccc(Cl)cc2)cc1OC. The normalized spacial score (nSPS) is 11.0. The number of nitrogens with one attached hydrogen (secondary N) is 2. The van der Waals surface area contributed by atoms with E-state index in [1.807, 2.05) is 18.2 Å². The molecule has 0 unspecified atom stereocenters. The van der Waals surface area contributed by atoms with E-state index in [1.54, 1.807) is 45.4 Å². The highest BCUT2D eigenvalue weighted by Crippen LogP contribution is 2.27. The lowest BCUT2D eigenvalue weighted by Crippen LogP contribution is -2.28. The van der Waals surface area contributed by atoms with Gasteiger partial charge in [-0.05, 0) is 48.7 Å². The van der Waals surface area contributed by atoms with Gasteiger partial charge in [-0.2, -0.15) is 5.10 Å². The van der Waals surface area contributed by atoms with E-state index in [9.17, 15) is 9.59 Å². The molecule has 0 spiro atoms. The molecule has 2 aromatic rings. The number of halogens is 1. The monoisotopic (exact) mass is 431 g/mol. The van der Waals surface area contributed by atoms with Crippen molar-refractivity contribution in [2.24, 2.45) is 5.10 Å². The smallest absolute Gasteiger partial charge is 0.244 e. The second kappa shape index (κ2) is 11.8. The highest BCUT2D eigenvalue weighted by Gasteiger charge is 2.07. The van der Waals surface area contributed by atoms with Crippen molar-refractivity contribution in [1.82, 2.24) is 10.7 Å². The summed E-state index contributed by atoms with van der Waals surface area (Å²) < 4.78 is 10.5. The quantitative estimate of drug-likeness (QED) is 0.446. The summed E-state index contributed by atoms with van der Waals surface area (Å²) in [6, 6.07) is 12.7. The molecular formula is C22H26ClN3O4. The Morgan fingerprint density at radius 3 is 2.30 bits per heavy atom. The average molecular weight is 432 g/mol. The van der Waals surface area contributed by atoms with Gasteiger partial charge in [-0.15, -0.1) is 0 Å². The zero-order chi connectivity index (χ0) is 21.9. The number of hydrogen-bond acceptors (Lipinski definition) is 5. The first-order valence-electron chi connectivity index (χ1n) is 9.45. The first-order chi connectivity index (χ1) is 14.4. The number of rotatable bonds is 10. The van der Waals surface area contributed by atoms with Crippen LogP contribution in [0.4, 0.5) is 0 Å². The Kier molecular flexibility index (Phi) is 9.15. The Hall–Kier alpha value is -3.06. The summed E-state index contributed by atoms with van der Waals surface area (Å²) in [5.74, 6) is 0.892. The van der Waals surface area contributed by atoms with Crippen LogP contribution in [0, 0.1) is 0 Å². The third-order valence-electron chi connectivity index (χ3n) is 4.25. The molecule has 30 heavy (non-hydrogen) atoms. The molecule has 2 aromatic carbocycles. The minimum atomic E-state index is -0.259. The lowest BCUT2D eigenvalue weighted by Gasteiger charge is -2.10. The third-order valence-corrected chi connectivity index (χ3v) is 4.50. The molecule has 7 nitrogen and oxygen atoms in total. The van der Waals surface area contributed by atoms with E-state index < -0.39 is 0 Å². The van der Waals surface area contributed by atoms with Crippen molar-refractivity contribution in [2.75, 3.05) is 20.8 Å². The van der Waals surface area contributed by atoms with E-state index in [-0.39, 0.29) is 24.7 Å². The lowest BCUT2D eigenvalue weighted by atomic mass is 10.1.